The molecule has 0 aliphatic heterocycles. The van der Waals surface area contributed by atoms with Crippen LogP contribution in [0.15, 0.2) is 41.2 Å². The van der Waals surface area contributed by atoms with Gasteiger partial charge in [-0.1, -0.05) is 12.1 Å². The first-order valence-corrected chi connectivity index (χ1v) is 7.26. The first-order chi connectivity index (χ1) is 10.7. The molecule has 0 aliphatic rings. The van der Waals surface area contributed by atoms with Crippen molar-refractivity contribution >= 4 is 5.65 Å². The van der Waals surface area contributed by atoms with Crippen molar-refractivity contribution in [2.45, 2.75) is 13.3 Å². The molecule has 0 amide bonds. The predicted octanol–water partition coefficient (Wildman–Crippen LogP) is 1.59. The lowest BCUT2D eigenvalue weighted by atomic mass is 10.1. The van der Waals surface area contributed by atoms with Crippen LogP contribution >= 0.6 is 0 Å². The average molecular weight is 298 g/mol. The van der Waals surface area contributed by atoms with E-state index in [1.165, 1.54) is 10.6 Å². The Kier molecular flexibility index (Phi) is 3.93. The van der Waals surface area contributed by atoms with Gasteiger partial charge in [0.1, 0.15) is 5.75 Å². The molecule has 6 heteroatoms. The SMILES string of the molecule is CCOc1cccc(-c2cc3nc(CCN)cc(=O)n3[nH]2)c1. The number of fused-ring (bicyclic) bond motifs is 1. The number of aromatic nitrogens is 3. The summed E-state index contributed by atoms with van der Waals surface area (Å²) < 4.78 is 6.94. The van der Waals surface area contributed by atoms with Crippen LogP contribution in [0.4, 0.5) is 0 Å². The summed E-state index contributed by atoms with van der Waals surface area (Å²) in [6.45, 7) is 3.02. The molecule has 0 radical (unpaired) electrons. The number of nitrogens with two attached hydrogens (primary N) is 1. The van der Waals surface area contributed by atoms with E-state index in [0.717, 1.165) is 17.0 Å². The highest BCUT2D eigenvalue weighted by atomic mass is 16.5. The zero-order chi connectivity index (χ0) is 15.5. The highest BCUT2D eigenvalue weighted by Crippen LogP contribution is 2.23. The van der Waals surface area contributed by atoms with E-state index in [1.807, 2.05) is 37.3 Å². The van der Waals surface area contributed by atoms with Gasteiger partial charge < -0.3 is 10.5 Å². The van der Waals surface area contributed by atoms with E-state index in [-0.39, 0.29) is 5.56 Å². The topological polar surface area (TPSA) is 85.4 Å². The Labute approximate surface area is 127 Å². The number of aromatic amines is 1. The molecule has 0 bridgehead atoms. The Morgan fingerprint density at radius 1 is 1.32 bits per heavy atom. The molecular formula is C16H18N4O2. The van der Waals surface area contributed by atoms with Crippen LogP contribution in [-0.2, 0) is 6.42 Å². The van der Waals surface area contributed by atoms with Gasteiger partial charge in [-0.05, 0) is 25.6 Å². The van der Waals surface area contributed by atoms with E-state index in [1.54, 1.807) is 0 Å². The van der Waals surface area contributed by atoms with Gasteiger partial charge in [-0.3, -0.25) is 9.89 Å². The molecule has 2 aromatic heterocycles. The van der Waals surface area contributed by atoms with E-state index >= 15 is 0 Å². The van der Waals surface area contributed by atoms with Crippen molar-refractivity contribution in [3.63, 3.8) is 0 Å². The number of H-pyrrole nitrogens is 1. The van der Waals surface area contributed by atoms with Gasteiger partial charge in [0, 0.05) is 29.8 Å². The quantitative estimate of drug-likeness (QED) is 0.749. The summed E-state index contributed by atoms with van der Waals surface area (Å²) in [5.74, 6) is 0.794. The van der Waals surface area contributed by atoms with Crippen LogP contribution in [0.5, 0.6) is 5.75 Å². The smallest absolute Gasteiger partial charge is 0.272 e. The largest absolute Gasteiger partial charge is 0.494 e. The van der Waals surface area contributed by atoms with Gasteiger partial charge in [-0.2, -0.15) is 0 Å². The summed E-state index contributed by atoms with van der Waals surface area (Å²) >= 11 is 0. The Morgan fingerprint density at radius 3 is 2.95 bits per heavy atom. The maximum Gasteiger partial charge on any atom is 0.272 e. The van der Waals surface area contributed by atoms with Crippen LogP contribution in [0, 0.1) is 0 Å². The molecule has 0 unspecified atom stereocenters. The fraction of sp³-hybridized carbons (Fsp3) is 0.250. The molecule has 0 aliphatic carbocycles. The molecule has 3 N–H and O–H groups in total. The van der Waals surface area contributed by atoms with Crippen molar-refractivity contribution in [3.05, 3.63) is 52.4 Å². The highest BCUT2D eigenvalue weighted by molar-refractivity contribution is 5.65. The van der Waals surface area contributed by atoms with E-state index in [0.29, 0.717) is 30.9 Å². The molecule has 0 saturated carbocycles. The Hall–Kier alpha value is -2.60. The van der Waals surface area contributed by atoms with E-state index in [9.17, 15) is 4.79 Å². The van der Waals surface area contributed by atoms with Crippen molar-refractivity contribution in [3.8, 4) is 17.0 Å². The minimum atomic E-state index is -0.138. The molecule has 0 atom stereocenters. The van der Waals surface area contributed by atoms with Gasteiger partial charge in [0.15, 0.2) is 5.65 Å². The molecular weight excluding hydrogens is 280 g/mol. The van der Waals surface area contributed by atoms with Crippen molar-refractivity contribution in [1.29, 1.82) is 0 Å². The number of ether oxygens (including phenoxy) is 1. The number of hydrogen-bond acceptors (Lipinski definition) is 4. The van der Waals surface area contributed by atoms with Crippen LogP contribution < -0.4 is 16.0 Å². The number of hydrogen-bond donors (Lipinski definition) is 2. The van der Waals surface area contributed by atoms with Gasteiger partial charge in [0.05, 0.1) is 12.3 Å². The Bertz CT molecular complexity index is 851. The van der Waals surface area contributed by atoms with Gasteiger partial charge in [0.25, 0.3) is 5.56 Å². The molecule has 0 spiro atoms. The van der Waals surface area contributed by atoms with Crippen LogP contribution in [0.2, 0.25) is 0 Å². The number of nitrogens with zero attached hydrogens (tertiary/aromatic N) is 2. The third-order valence-electron chi connectivity index (χ3n) is 3.36. The average Bonchev–Trinajstić information content (AvgIpc) is 2.93. The molecule has 6 nitrogen and oxygen atoms in total. The fourth-order valence-corrected chi connectivity index (χ4v) is 2.38. The second kappa shape index (κ2) is 6.03. The standard InChI is InChI=1S/C16H18N4O2/c1-2-22-13-5-3-4-11(8-13)14-10-15-18-12(6-7-17)9-16(21)20(15)19-14/h3-5,8-10,19H,2,6-7,17H2,1H3. The van der Waals surface area contributed by atoms with Crippen LogP contribution in [0.1, 0.15) is 12.6 Å². The lowest BCUT2D eigenvalue weighted by Crippen LogP contribution is -2.17. The summed E-state index contributed by atoms with van der Waals surface area (Å²) in [4.78, 5) is 16.6. The van der Waals surface area contributed by atoms with Gasteiger partial charge in [-0.25, -0.2) is 9.50 Å². The second-order valence-electron chi connectivity index (χ2n) is 4.95. The van der Waals surface area contributed by atoms with E-state index in [2.05, 4.69) is 10.1 Å². The molecule has 2 heterocycles. The minimum Gasteiger partial charge on any atom is -0.494 e. The summed E-state index contributed by atoms with van der Waals surface area (Å²) in [6.07, 6.45) is 0.589. The lowest BCUT2D eigenvalue weighted by Gasteiger charge is -2.04. The van der Waals surface area contributed by atoms with E-state index in [4.69, 9.17) is 10.5 Å². The molecule has 1 aromatic carbocycles. The normalized spacial score (nSPS) is 11.0. The van der Waals surface area contributed by atoms with Gasteiger partial charge >= 0.3 is 0 Å². The predicted molar refractivity (Wildman–Crippen MR) is 85.2 cm³/mol. The van der Waals surface area contributed by atoms with Crippen LogP contribution in [0.25, 0.3) is 16.9 Å². The summed E-state index contributed by atoms with van der Waals surface area (Å²) in [7, 11) is 0. The van der Waals surface area contributed by atoms with Gasteiger partial charge in [-0.15, -0.1) is 0 Å². The van der Waals surface area contributed by atoms with E-state index < -0.39 is 0 Å². The first-order valence-electron chi connectivity index (χ1n) is 7.26. The number of benzene rings is 1. The van der Waals surface area contributed by atoms with Crippen molar-refractivity contribution < 1.29 is 4.74 Å². The summed E-state index contributed by atoms with van der Waals surface area (Å²) in [5.41, 5.74) is 8.44. The molecule has 3 rings (SSSR count). The molecule has 0 fully saturated rings. The summed E-state index contributed by atoms with van der Waals surface area (Å²) in [6, 6.07) is 11.1. The third kappa shape index (κ3) is 2.73. The van der Waals surface area contributed by atoms with Crippen LogP contribution in [0.3, 0.4) is 0 Å². The summed E-state index contributed by atoms with van der Waals surface area (Å²) in [5, 5.41) is 3.07. The van der Waals surface area contributed by atoms with Crippen LogP contribution in [-0.4, -0.2) is 27.7 Å². The monoisotopic (exact) mass is 298 g/mol. The van der Waals surface area contributed by atoms with Gasteiger partial charge in [0.2, 0.25) is 0 Å². The second-order valence-corrected chi connectivity index (χ2v) is 4.95. The zero-order valence-corrected chi connectivity index (χ0v) is 12.4. The highest BCUT2D eigenvalue weighted by Gasteiger charge is 2.08. The fourth-order valence-electron chi connectivity index (χ4n) is 2.38. The van der Waals surface area contributed by atoms with Crippen molar-refractivity contribution in [2.24, 2.45) is 5.73 Å². The third-order valence-corrected chi connectivity index (χ3v) is 3.36. The molecule has 22 heavy (non-hydrogen) atoms. The lowest BCUT2D eigenvalue weighted by molar-refractivity contribution is 0.340. The molecule has 114 valence electrons. The number of rotatable bonds is 5. The Morgan fingerprint density at radius 2 is 2.18 bits per heavy atom. The van der Waals surface area contributed by atoms with Crippen molar-refractivity contribution in [1.82, 2.24) is 14.6 Å². The maximum atomic E-state index is 12.1. The maximum absolute atomic E-state index is 12.1. The van der Waals surface area contributed by atoms with Crippen molar-refractivity contribution in [2.75, 3.05) is 13.2 Å². The minimum absolute atomic E-state index is 0.138. The molecule has 0 saturated heterocycles. The molecule has 3 aromatic rings. The zero-order valence-electron chi connectivity index (χ0n) is 12.4. The Balaban J connectivity index is 2.06. The number of nitrogens with one attached hydrogen (secondary N) is 1. The first kappa shape index (κ1) is 14.3.